The molecule has 0 saturated carbocycles. The van der Waals surface area contributed by atoms with E-state index in [9.17, 15) is 4.79 Å². The first kappa shape index (κ1) is 16.5. The number of ether oxygens (including phenoxy) is 2. The van der Waals surface area contributed by atoms with E-state index in [4.69, 9.17) is 9.47 Å². The highest BCUT2D eigenvalue weighted by atomic mass is 16.6. The summed E-state index contributed by atoms with van der Waals surface area (Å²) in [6.45, 7) is 3.91. The van der Waals surface area contributed by atoms with Crippen molar-refractivity contribution in [3.05, 3.63) is 59.7 Å². The molecule has 0 atom stereocenters. The van der Waals surface area contributed by atoms with Crippen molar-refractivity contribution in [1.82, 2.24) is 0 Å². The van der Waals surface area contributed by atoms with Gasteiger partial charge >= 0.3 is 5.97 Å². The molecule has 120 valence electrons. The standard InChI is InChI=1S/C18H19NO4/c1-13-7-4-5-10-17(13)22-12-15-8-6-9-16(11-15)23-18(20)14(2)19-21-3/h4-11H,12H2,1-3H3. The molecule has 0 spiro atoms. The van der Waals surface area contributed by atoms with Crippen molar-refractivity contribution < 1.29 is 19.1 Å². The molecule has 0 unspecified atom stereocenters. The zero-order valence-electron chi connectivity index (χ0n) is 13.4. The van der Waals surface area contributed by atoms with Crippen molar-refractivity contribution in [3.63, 3.8) is 0 Å². The van der Waals surface area contributed by atoms with E-state index < -0.39 is 5.97 Å². The average molecular weight is 313 g/mol. The average Bonchev–Trinajstić information content (AvgIpc) is 2.54. The highest BCUT2D eigenvalue weighted by molar-refractivity contribution is 6.35. The molecule has 0 aromatic heterocycles. The number of oxime groups is 1. The Hall–Kier alpha value is -2.82. The molecule has 0 aliphatic heterocycles. The second kappa shape index (κ2) is 7.98. The number of hydrogen-bond donors (Lipinski definition) is 0. The largest absolute Gasteiger partial charge is 0.489 e. The summed E-state index contributed by atoms with van der Waals surface area (Å²) >= 11 is 0. The van der Waals surface area contributed by atoms with E-state index in [1.54, 1.807) is 12.1 Å². The van der Waals surface area contributed by atoms with Gasteiger partial charge < -0.3 is 14.3 Å². The van der Waals surface area contributed by atoms with Crippen LogP contribution in [0.15, 0.2) is 53.7 Å². The maximum absolute atomic E-state index is 11.8. The van der Waals surface area contributed by atoms with E-state index in [0.29, 0.717) is 12.4 Å². The quantitative estimate of drug-likeness (QED) is 0.354. The molecule has 2 aromatic carbocycles. The SMILES string of the molecule is CON=C(C)C(=O)Oc1cccc(COc2ccccc2C)c1. The molecule has 0 saturated heterocycles. The lowest BCUT2D eigenvalue weighted by molar-refractivity contribution is -0.127. The number of esters is 1. The smallest absolute Gasteiger partial charge is 0.361 e. The van der Waals surface area contributed by atoms with E-state index in [2.05, 4.69) is 9.99 Å². The summed E-state index contributed by atoms with van der Waals surface area (Å²) in [4.78, 5) is 16.3. The molecule has 5 heteroatoms. The monoisotopic (exact) mass is 313 g/mol. The highest BCUT2D eigenvalue weighted by Gasteiger charge is 2.10. The fraction of sp³-hybridized carbons (Fsp3) is 0.222. The Morgan fingerprint density at radius 2 is 1.91 bits per heavy atom. The molecule has 0 bridgehead atoms. The fourth-order valence-electron chi connectivity index (χ4n) is 1.93. The molecule has 0 fully saturated rings. The van der Waals surface area contributed by atoms with Crippen LogP contribution in [0.3, 0.4) is 0 Å². The minimum Gasteiger partial charge on any atom is -0.489 e. The Balaban J connectivity index is 2.01. The Morgan fingerprint density at radius 1 is 1.13 bits per heavy atom. The van der Waals surface area contributed by atoms with Gasteiger partial charge in [-0.15, -0.1) is 0 Å². The van der Waals surface area contributed by atoms with Crippen LogP contribution in [0.2, 0.25) is 0 Å². The van der Waals surface area contributed by atoms with E-state index in [1.807, 2.05) is 43.3 Å². The minimum atomic E-state index is -0.552. The second-order valence-electron chi connectivity index (χ2n) is 4.95. The molecule has 5 nitrogen and oxygen atoms in total. The third-order valence-electron chi connectivity index (χ3n) is 3.12. The summed E-state index contributed by atoms with van der Waals surface area (Å²) in [5, 5.41) is 3.55. The zero-order chi connectivity index (χ0) is 16.7. The fourth-order valence-corrected chi connectivity index (χ4v) is 1.93. The predicted octanol–water partition coefficient (Wildman–Crippen LogP) is 3.50. The normalized spacial score (nSPS) is 11.0. The summed E-state index contributed by atoms with van der Waals surface area (Å²) in [5.74, 6) is 0.716. The first-order chi connectivity index (χ1) is 11.1. The predicted molar refractivity (Wildman–Crippen MR) is 87.7 cm³/mol. The molecule has 2 aromatic rings. The van der Waals surface area contributed by atoms with E-state index >= 15 is 0 Å². The van der Waals surface area contributed by atoms with Crippen LogP contribution in [0, 0.1) is 6.92 Å². The molecule has 0 aliphatic carbocycles. The van der Waals surface area contributed by atoms with Gasteiger partial charge in [0.05, 0.1) is 0 Å². The van der Waals surface area contributed by atoms with Crippen LogP contribution in [-0.4, -0.2) is 18.8 Å². The minimum absolute atomic E-state index is 0.147. The summed E-state index contributed by atoms with van der Waals surface area (Å²) in [6, 6.07) is 15.0. The maximum Gasteiger partial charge on any atom is 0.361 e. The number of hydrogen-bond acceptors (Lipinski definition) is 5. The highest BCUT2D eigenvalue weighted by Crippen LogP contribution is 2.19. The Morgan fingerprint density at radius 3 is 2.65 bits per heavy atom. The maximum atomic E-state index is 11.8. The van der Waals surface area contributed by atoms with Crippen LogP contribution in [-0.2, 0) is 16.2 Å². The summed E-state index contributed by atoms with van der Waals surface area (Å²) in [7, 11) is 1.38. The number of aryl methyl sites for hydroxylation is 1. The van der Waals surface area contributed by atoms with Gasteiger partial charge in [-0.25, -0.2) is 4.79 Å². The van der Waals surface area contributed by atoms with Crippen LogP contribution >= 0.6 is 0 Å². The first-order valence-electron chi connectivity index (χ1n) is 7.17. The third kappa shape index (κ3) is 4.85. The summed E-state index contributed by atoms with van der Waals surface area (Å²) in [5.41, 5.74) is 2.12. The molecule has 0 amide bonds. The topological polar surface area (TPSA) is 57.1 Å². The molecule has 0 heterocycles. The van der Waals surface area contributed by atoms with Crippen LogP contribution < -0.4 is 9.47 Å². The lowest BCUT2D eigenvalue weighted by Crippen LogP contribution is -2.17. The van der Waals surface area contributed by atoms with Crippen LogP contribution in [0.4, 0.5) is 0 Å². The van der Waals surface area contributed by atoms with Gasteiger partial charge in [-0.2, -0.15) is 0 Å². The van der Waals surface area contributed by atoms with Crippen molar-refractivity contribution in [2.45, 2.75) is 20.5 Å². The molecule has 23 heavy (non-hydrogen) atoms. The molecular weight excluding hydrogens is 294 g/mol. The van der Waals surface area contributed by atoms with Crippen molar-refractivity contribution in [3.8, 4) is 11.5 Å². The first-order valence-corrected chi connectivity index (χ1v) is 7.17. The van der Waals surface area contributed by atoms with E-state index in [1.165, 1.54) is 14.0 Å². The molecule has 0 aliphatic rings. The van der Waals surface area contributed by atoms with Gasteiger partial charge in [0.25, 0.3) is 0 Å². The molecule has 0 N–H and O–H groups in total. The number of carbonyl (C=O) groups is 1. The Labute approximate surface area is 135 Å². The molecule has 0 radical (unpaired) electrons. The van der Waals surface area contributed by atoms with Gasteiger partial charge in [0.2, 0.25) is 0 Å². The van der Waals surface area contributed by atoms with Gasteiger partial charge in [-0.05, 0) is 43.2 Å². The van der Waals surface area contributed by atoms with Gasteiger partial charge in [0.15, 0.2) is 5.71 Å². The number of carbonyl (C=O) groups excluding carboxylic acids is 1. The van der Waals surface area contributed by atoms with Gasteiger partial charge in [-0.3, -0.25) is 0 Å². The third-order valence-corrected chi connectivity index (χ3v) is 3.12. The summed E-state index contributed by atoms with van der Waals surface area (Å²) in [6.07, 6.45) is 0. The second-order valence-corrected chi connectivity index (χ2v) is 4.95. The zero-order valence-corrected chi connectivity index (χ0v) is 13.4. The van der Waals surface area contributed by atoms with Crippen molar-refractivity contribution in [2.75, 3.05) is 7.11 Å². The van der Waals surface area contributed by atoms with Crippen molar-refractivity contribution in [1.29, 1.82) is 0 Å². The van der Waals surface area contributed by atoms with Gasteiger partial charge in [0.1, 0.15) is 25.2 Å². The van der Waals surface area contributed by atoms with Gasteiger partial charge in [-0.1, -0.05) is 35.5 Å². The van der Waals surface area contributed by atoms with Crippen LogP contribution in [0.25, 0.3) is 0 Å². The van der Waals surface area contributed by atoms with Crippen LogP contribution in [0.5, 0.6) is 11.5 Å². The van der Waals surface area contributed by atoms with E-state index in [-0.39, 0.29) is 5.71 Å². The summed E-state index contributed by atoms with van der Waals surface area (Å²) < 4.78 is 11.0. The van der Waals surface area contributed by atoms with Crippen molar-refractivity contribution >= 4 is 11.7 Å². The number of benzene rings is 2. The number of para-hydroxylation sites is 1. The molecular formula is C18H19NO4. The van der Waals surface area contributed by atoms with Crippen molar-refractivity contribution in [2.24, 2.45) is 5.16 Å². The molecule has 2 rings (SSSR count). The Bertz CT molecular complexity index is 710. The lowest BCUT2D eigenvalue weighted by atomic mass is 10.2. The van der Waals surface area contributed by atoms with Crippen LogP contribution in [0.1, 0.15) is 18.1 Å². The Kier molecular flexibility index (Phi) is 5.74. The van der Waals surface area contributed by atoms with E-state index in [0.717, 1.165) is 16.9 Å². The number of rotatable bonds is 6. The van der Waals surface area contributed by atoms with Gasteiger partial charge in [0, 0.05) is 0 Å². The number of nitrogens with zero attached hydrogens (tertiary/aromatic N) is 1. The lowest BCUT2D eigenvalue weighted by Gasteiger charge is -2.10.